The van der Waals surface area contributed by atoms with Gasteiger partial charge in [-0.25, -0.2) is 90.2 Å². The Bertz CT molecular complexity index is 8360. The molecule has 0 saturated carbocycles. The summed E-state index contributed by atoms with van der Waals surface area (Å²) < 4.78 is 24.0. The number of nitro benzene ring substituents is 1. The van der Waals surface area contributed by atoms with Crippen LogP contribution in [0.2, 0.25) is 0 Å². The molecule has 41 heteroatoms. The molecule has 0 aliphatic carbocycles. The Morgan fingerprint density at radius 2 is 0.746 bits per heavy atom. The van der Waals surface area contributed by atoms with Crippen molar-refractivity contribution in [2.24, 2.45) is 0 Å². The van der Waals surface area contributed by atoms with Crippen molar-refractivity contribution in [1.82, 2.24) is 92.6 Å². The molecule has 716 valence electrons. The number of aromatic carboxylic acids is 6. The molecular formula is C101H88FN23O17. The van der Waals surface area contributed by atoms with E-state index < -0.39 is 46.6 Å². The van der Waals surface area contributed by atoms with Crippen LogP contribution in [0.5, 0.6) is 0 Å². The second-order valence-corrected chi connectivity index (χ2v) is 33.2. The first-order valence-corrected chi connectivity index (χ1v) is 44.9. The molecule has 0 unspecified atom stereocenters. The highest BCUT2D eigenvalue weighted by Crippen LogP contribution is 2.37. The van der Waals surface area contributed by atoms with Gasteiger partial charge in [0, 0.05) is 165 Å². The number of benzene rings is 6. The number of halogens is 1. The summed E-state index contributed by atoms with van der Waals surface area (Å²) in [6.07, 6.45) is 7.49. The molecule has 0 fully saturated rings. The number of aromatic amines is 1. The number of carbonyl (C=O) groups excluding carboxylic acids is 2. The molecule has 0 atom stereocenters. The van der Waals surface area contributed by atoms with Gasteiger partial charge in [0.15, 0.2) is 68.0 Å². The fraction of sp³-hybridized carbons (Fsp3) is 0.188. The molecule has 0 bridgehead atoms. The van der Waals surface area contributed by atoms with Gasteiger partial charge >= 0.3 is 35.8 Å². The summed E-state index contributed by atoms with van der Waals surface area (Å²) in [6, 6.07) is 56.1. The van der Waals surface area contributed by atoms with Crippen LogP contribution in [-0.2, 0) is 74.0 Å². The van der Waals surface area contributed by atoms with E-state index in [0.29, 0.717) is 102 Å². The smallest absolute Gasteiger partial charge is 0.354 e. The van der Waals surface area contributed by atoms with Gasteiger partial charge in [0.05, 0.1) is 64.6 Å². The summed E-state index contributed by atoms with van der Waals surface area (Å²) in [5, 5.41) is 106. The van der Waals surface area contributed by atoms with Crippen molar-refractivity contribution in [3.8, 4) is 67.5 Å². The maximum Gasteiger partial charge on any atom is 0.354 e. The summed E-state index contributed by atoms with van der Waals surface area (Å²) in [5.74, 6) is -7.11. The highest BCUT2D eigenvalue weighted by atomic mass is 19.1. The van der Waals surface area contributed by atoms with Gasteiger partial charge in [-0.15, -0.1) is 0 Å². The maximum absolute atomic E-state index is 14.1. The van der Waals surface area contributed by atoms with Crippen molar-refractivity contribution < 1.29 is 83.4 Å². The lowest BCUT2D eigenvalue weighted by molar-refractivity contribution is -0.385. The van der Waals surface area contributed by atoms with E-state index in [0.717, 1.165) is 126 Å². The van der Waals surface area contributed by atoms with E-state index >= 15 is 0 Å². The van der Waals surface area contributed by atoms with Crippen LogP contribution in [0, 0.1) is 15.9 Å². The number of non-ortho nitro benzene ring substituents is 1. The lowest BCUT2D eigenvalue weighted by atomic mass is 10.1. The number of likely N-dealkylation sites (N-methyl/N-ethyl adjacent to an activating group) is 2. The quantitative estimate of drug-likeness (QED) is 0.0253. The van der Waals surface area contributed by atoms with E-state index in [1.165, 1.54) is 46.1 Å². The molecule has 22 rings (SSSR count). The number of aliphatic hydroxyl groups excluding tert-OH is 1. The predicted molar refractivity (Wildman–Crippen MR) is 519 cm³/mol. The third-order valence-electron chi connectivity index (χ3n) is 24.2. The van der Waals surface area contributed by atoms with Gasteiger partial charge in [-0.1, -0.05) is 90.1 Å². The number of carbonyl (C=O) groups is 8. The second kappa shape index (κ2) is 39.6. The molecule has 13 aromatic heterocycles. The number of H-pyrrole nitrogens is 1. The van der Waals surface area contributed by atoms with Gasteiger partial charge < -0.3 is 55.8 Å². The molecule has 0 radical (unpaired) electrons. The number of amides is 2. The fourth-order valence-corrected chi connectivity index (χ4v) is 16.8. The molecule has 16 heterocycles. The van der Waals surface area contributed by atoms with Gasteiger partial charge in [-0.3, -0.25) is 19.7 Å². The first-order chi connectivity index (χ1) is 68.3. The predicted octanol–water partition coefficient (Wildman–Crippen LogP) is 15.0. The Morgan fingerprint density at radius 1 is 0.394 bits per heavy atom. The number of aryl methyl sites for hydroxylation is 6. The summed E-state index contributed by atoms with van der Waals surface area (Å²) in [6.45, 7) is 12.6. The molecule has 6 aromatic carbocycles. The molecule has 3 aliphatic rings. The standard InChI is InChI=1S/C18H16N4O3.C18H18N4O2.C17H14N4O3.C17H14N4O2.C16H15N3O3.C15H11FN4O4/c1-3-12-8-14(18(24)25)19-16-9-13(20-22(12)16)10-4-5-15-11(6-10)7-17(23)21(15)2;1-3-13-9-15(18(23)24)19-17-10-14(20-22(13)17)11-4-5-16-12(8-11)6-7-21(16)2;1-2-11-7-14(17(23)24)18-15-8-13(20-21(11)15)9-3-4-12-10(5-9)6-16(22)19-12;1-2-12-8-15(17(22)23)19-16-9-14(20-21(12)16)10-3-4-13-11(7-10)5-6-18-13;1-2-12-7-14(16(21)22)17-15-8-13(18-19(12)15)11-5-3-10(9-20)4-6-11;1-2-8-6-13(15(21)22)17-14-7-12(18-19(8)14)10-4-3-9(20(23)24)5-11(10)16/h4-6,8-9H,3,7H2,1-2H3,(H,24,25);4-5,8-10H,3,6-7H2,1-2H3,(H,23,24);3-5,7-8H,2,6H2,1H3,(H,19,22)(H,23,24);3-9,18H,2H2,1H3,(H,22,23);3-8,20H,2,9H2,1H3,(H,21,22);3-7H,2H2,1H3,(H,21,22). The maximum atomic E-state index is 14.1. The molecule has 0 saturated heterocycles. The number of nitrogens with zero attached hydrogens (tertiary/aromatic N) is 21. The second-order valence-electron chi connectivity index (χ2n) is 33.2. The van der Waals surface area contributed by atoms with Crippen molar-refractivity contribution in [2.75, 3.05) is 35.8 Å². The molecular weight excluding hydrogens is 1830 g/mol. The van der Waals surface area contributed by atoms with Crippen LogP contribution in [0.25, 0.3) is 112 Å². The van der Waals surface area contributed by atoms with Crippen LogP contribution >= 0.6 is 0 Å². The fourth-order valence-electron chi connectivity index (χ4n) is 16.8. The van der Waals surface area contributed by atoms with Crippen LogP contribution in [-0.4, -0.2) is 202 Å². The number of aliphatic hydroxyl groups is 1. The van der Waals surface area contributed by atoms with Crippen LogP contribution in [0.15, 0.2) is 200 Å². The summed E-state index contributed by atoms with van der Waals surface area (Å²) in [5.41, 5.74) is 23.9. The van der Waals surface area contributed by atoms with Gasteiger partial charge in [0.1, 0.15) is 5.82 Å². The van der Waals surface area contributed by atoms with Gasteiger partial charge in [0.2, 0.25) is 11.8 Å². The van der Waals surface area contributed by atoms with Crippen LogP contribution in [0.1, 0.15) is 161 Å². The Labute approximate surface area is 803 Å². The zero-order chi connectivity index (χ0) is 100. The van der Waals surface area contributed by atoms with Crippen molar-refractivity contribution in [1.29, 1.82) is 0 Å². The minimum Gasteiger partial charge on any atom is -0.477 e. The monoisotopic (exact) mass is 1910 g/mol. The minimum atomic E-state index is -1.17. The Kier molecular flexibility index (Phi) is 26.6. The highest BCUT2D eigenvalue weighted by Gasteiger charge is 2.28. The van der Waals surface area contributed by atoms with Crippen LogP contribution < -0.4 is 15.1 Å². The number of rotatable bonds is 20. The number of nitrogens with one attached hydrogen (secondary N) is 2. The van der Waals surface area contributed by atoms with Crippen molar-refractivity contribution in [2.45, 2.75) is 106 Å². The summed E-state index contributed by atoms with van der Waals surface area (Å²) >= 11 is 0. The van der Waals surface area contributed by atoms with E-state index in [-0.39, 0.29) is 75.2 Å². The van der Waals surface area contributed by atoms with Crippen molar-refractivity contribution in [3.05, 3.63) is 307 Å². The van der Waals surface area contributed by atoms with Crippen LogP contribution in [0.3, 0.4) is 0 Å². The molecule has 142 heavy (non-hydrogen) atoms. The van der Waals surface area contributed by atoms with E-state index in [1.54, 1.807) is 77.0 Å². The van der Waals surface area contributed by atoms with E-state index in [1.807, 2.05) is 139 Å². The molecule has 0 spiro atoms. The Morgan fingerprint density at radius 3 is 1.13 bits per heavy atom. The van der Waals surface area contributed by atoms with Crippen molar-refractivity contribution >= 4 is 115 Å². The van der Waals surface area contributed by atoms with E-state index in [4.69, 9.17) is 15.3 Å². The summed E-state index contributed by atoms with van der Waals surface area (Å²) in [7, 11) is 3.87. The average molecular weight is 1910 g/mol. The molecule has 19 aromatic rings. The normalized spacial score (nSPS) is 12.3. The largest absolute Gasteiger partial charge is 0.477 e. The van der Waals surface area contributed by atoms with Gasteiger partial charge in [-0.2, -0.15) is 30.6 Å². The molecule has 2 amide bonds. The number of nitro groups is 1. The highest BCUT2D eigenvalue weighted by molar-refractivity contribution is 6.02. The lowest BCUT2D eigenvalue weighted by Gasteiger charge is -2.11. The SMILES string of the molecule is CCc1cc(C(=O)O)nc2cc(-c3ccc(CO)cc3)nn12.CCc1cc(C(=O)O)nc2cc(-c3ccc([N+](=O)[O-])cc3F)nn12.CCc1cc(C(=O)O)nc2cc(-c3ccc4[nH]ccc4c3)nn12.CCc1cc(C(=O)O)nc2cc(-c3ccc4c(c3)CC(=O)N4)nn12.CCc1cc(C(=O)O)nc2cc(-c3ccc4c(c3)CC(=O)N4C)nn12.CCc1cc(C(=O)O)nc2cc(-c3ccc4c(c3)CCN4C)nn12. The summed E-state index contributed by atoms with van der Waals surface area (Å²) in [4.78, 5) is 132. The molecule has 3 aliphatic heterocycles. The lowest BCUT2D eigenvalue weighted by Crippen LogP contribution is -2.20. The van der Waals surface area contributed by atoms with Crippen molar-refractivity contribution in [3.63, 3.8) is 0 Å². The third kappa shape index (κ3) is 19.4. The zero-order valence-electron chi connectivity index (χ0n) is 77.3. The zero-order valence-corrected chi connectivity index (χ0v) is 77.3. The van der Waals surface area contributed by atoms with E-state index in [9.17, 15) is 73.3 Å². The minimum absolute atomic E-state index is 0.00500. The average Bonchev–Trinajstić information content (AvgIpc) is 1.65. The molecule has 9 N–H and O–H groups in total. The van der Waals surface area contributed by atoms with Gasteiger partial charge in [0.25, 0.3) is 5.69 Å². The first kappa shape index (κ1) is 95.2. The Balaban J connectivity index is 0.000000117. The number of anilines is 3. The van der Waals surface area contributed by atoms with E-state index in [2.05, 4.69) is 107 Å². The molecule has 40 nitrogen and oxygen atoms in total. The van der Waals surface area contributed by atoms with Crippen LogP contribution in [0.4, 0.5) is 27.1 Å². The van der Waals surface area contributed by atoms with Gasteiger partial charge in [-0.05, 0) is 164 Å². The number of carboxylic acid groups (broad SMARTS) is 6. The number of carboxylic acids is 6. The number of hydrogen-bond acceptors (Lipinski definition) is 24. The third-order valence-corrected chi connectivity index (χ3v) is 24.2. The Hall–Kier alpha value is -18.6. The number of aromatic nitrogens is 19. The first-order valence-electron chi connectivity index (χ1n) is 44.9. The topological polar surface area (TPSA) is 537 Å². The number of fused-ring (bicyclic) bond motifs is 10. The number of hydrogen-bond donors (Lipinski definition) is 9.